The Morgan fingerprint density at radius 1 is 0.788 bits per heavy atom. The summed E-state index contributed by atoms with van der Waals surface area (Å²) in [4.78, 5) is 17.2. The van der Waals surface area contributed by atoms with E-state index in [4.69, 9.17) is 4.42 Å². The van der Waals surface area contributed by atoms with Gasteiger partial charge in [-0.3, -0.25) is 4.79 Å². The highest BCUT2D eigenvalue weighted by Gasteiger charge is 2.12. The molecule has 0 radical (unpaired) electrons. The molecule has 0 saturated heterocycles. The number of aryl methyl sites for hydroxylation is 2. The minimum Gasteiger partial charge on any atom is -0.416 e. The Morgan fingerprint density at radius 3 is 1.94 bits per heavy atom. The minimum atomic E-state index is -0.190. The molecule has 5 rings (SSSR count). The fourth-order valence-corrected chi connectivity index (χ4v) is 3.96. The Bertz CT molecular complexity index is 1400. The van der Waals surface area contributed by atoms with Crippen LogP contribution in [0.5, 0.6) is 0 Å². The SMILES string of the molecule is Cc1ccc(-c2nnc(-c3ccc(C(=O)Nc4ccc(-c5csc(C)n5)cc4)cc3)o2)cc1. The fourth-order valence-electron chi connectivity index (χ4n) is 3.34. The third-order valence-corrected chi connectivity index (χ3v) is 5.95. The Morgan fingerprint density at radius 2 is 1.36 bits per heavy atom. The molecule has 0 aliphatic heterocycles. The molecular weight excluding hydrogens is 432 g/mol. The number of thiazole rings is 1. The van der Waals surface area contributed by atoms with Crippen molar-refractivity contribution in [2.75, 3.05) is 5.32 Å². The average Bonchev–Trinajstić information content (AvgIpc) is 3.50. The Hall–Kier alpha value is -4.10. The molecule has 0 spiro atoms. The van der Waals surface area contributed by atoms with Gasteiger partial charge in [-0.05, 0) is 62.4 Å². The van der Waals surface area contributed by atoms with Gasteiger partial charge >= 0.3 is 0 Å². The van der Waals surface area contributed by atoms with Crippen LogP contribution in [-0.4, -0.2) is 21.1 Å². The first kappa shape index (κ1) is 20.8. The van der Waals surface area contributed by atoms with E-state index in [-0.39, 0.29) is 5.91 Å². The van der Waals surface area contributed by atoms with Gasteiger partial charge in [0.15, 0.2) is 0 Å². The molecule has 0 aliphatic carbocycles. The minimum absolute atomic E-state index is 0.190. The van der Waals surface area contributed by atoms with Gasteiger partial charge in [0.05, 0.1) is 10.7 Å². The lowest BCUT2D eigenvalue weighted by Gasteiger charge is -2.06. The highest BCUT2D eigenvalue weighted by Crippen LogP contribution is 2.25. The van der Waals surface area contributed by atoms with E-state index >= 15 is 0 Å². The number of benzene rings is 3. The van der Waals surface area contributed by atoms with Gasteiger partial charge in [0, 0.05) is 33.3 Å². The molecule has 162 valence electrons. The van der Waals surface area contributed by atoms with E-state index in [9.17, 15) is 4.79 Å². The van der Waals surface area contributed by atoms with Crippen LogP contribution in [0.25, 0.3) is 34.2 Å². The second-order valence-corrected chi connectivity index (χ2v) is 8.70. The molecular formula is C26H20N4O2S. The number of nitrogens with one attached hydrogen (secondary N) is 1. The van der Waals surface area contributed by atoms with Gasteiger partial charge in [-0.25, -0.2) is 4.98 Å². The van der Waals surface area contributed by atoms with Crippen LogP contribution in [0.15, 0.2) is 82.6 Å². The summed E-state index contributed by atoms with van der Waals surface area (Å²) in [7, 11) is 0. The third-order valence-electron chi connectivity index (χ3n) is 5.18. The summed E-state index contributed by atoms with van der Waals surface area (Å²) >= 11 is 1.62. The smallest absolute Gasteiger partial charge is 0.255 e. The zero-order valence-electron chi connectivity index (χ0n) is 18.1. The molecule has 0 fully saturated rings. The quantitative estimate of drug-likeness (QED) is 0.334. The van der Waals surface area contributed by atoms with Crippen molar-refractivity contribution < 1.29 is 9.21 Å². The van der Waals surface area contributed by atoms with Gasteiger partial charge < -0.3 is 9.73 Å². The summed E-state index contributed by atoms with van der Waals surface area (Å²) in [5.41, 5.74) is 6.00. The van der Waals surface area contributed by atoms with Crippen LogP contribution < -0.4 is 5.32 Å². The van der Waals surface area contributed by atoms with Crippen LogP contribution in [-0.2, 0) is 0 Å². The van der Waals surface area contributed by atoms with E-state index in [1.165, 1.54) is 0 Å². The predicted molar refractivity (Wildman–Crippen MR) is 130 cm³/mol. The Labute approximate surface area is 195 Å². The molecule has 3 aromatic carbocycles. The van der Waals surface area contributed by atoms with E-state index in [0.29, 0.717) is 17.3 Å². The van der Waals surface area contributed by atoms with Crippen molar-refractivity contribution in [2.24, 2.45) is 0 Å². The van der Waals surface area contributed by atoms with Crippen LogP contribution in [0.2, 0.25) is 0 Å². The van der Waals surface area contributed by atoms with Crippen molar-refractivity contribution >= 4 is 22.9 Å². The van der Waals surface area contributed by atoms with Crippen molar-refractivity contribution in [1.29, 1.82) is 0 Å². The van der Waals surface area contributed by atoms with E-state index < -0.39 is 0 Å². The zero-order valence-corrected chi connectivity index (χ0v) is 18.9. The molecule has 0 saturated carbocycles. The molecule has 33 heavy (non-hydrogen) atoms. The number of amides is 1. The number of aromatic nitrogens is 3. The van der Waals surface area contributed by atoms with Crippen molar-refractivity contribution in [3.8, 4) is 34.2 Å². The molecule has 2 heterocycles. The van der Waals surface area contributed by atoms with Crippen molar-refractivity contribution in [3.05, 3.63) is 94.3 Å². The van der Waals surface area contributed by atoms with Crippen LogP contribution in [0, 0.1) is 13.8 Å². The number of rotatable bonds is 5. The van der Waals surface area contributed by atoms with Crippen LogP contribution >= 0.6 is 11.3 Å². The second kappa shape index (κ2) is 8.80. The normalized spacial score (nSPS) is 10.8. The summed E-state index contributed by atoms with van der Waals surface area (Å²) in [5.74, 6) is 0.679. The van der Waals surface area contributed by atoms with Crippen LogP contribution in [0.1, 0.15) is 20.9 Å². The Kier molecular flexibility index (Phi) is 5.54. The Balaban J connectivity index is 1.26. The maximum Gasteiger partial charge on any atom is 0.255 e. The summed E-state index contributed by atoms with van der Waals surface area (Å²) in [5, 5.41) is 14.3. The van der Waals surface area contributed by atoms with Crippen LogP contribution in [0.3, 0.4) is 0 Å². The molecule has 1 amide bonds. The molecule has 6 nitrogen and oxygen atoms in total. The maximum atomic E-state index is 12.7. The number of nitrogens with zero attached hydrogens (tertiary/aromatic N) is 3. The molecule has 2 aromatic heterocycles. The molecule has 5 aromatic rings. The van der Waals surface area contributed by atoms with Crippen LogP contribution in [0.4, 0.5) is 5.69 Å². The van der Waals surface area contributed by atoms with Gasteiger partial charge in [-0.15, -0.1) is 21.5 Å². The lowest BCUT2D eigenvalue weighted by Crippen LogP contribution is -2.11. The highest BCUT2D eigenvalue weighted by atomic mass is 32.1. The number of anilines is 1. The van der Waals surface area contributed by atoms with Crippen molar-refractivity contribution in [2.45, 2.75) is 13.8 Å². The van der Waals surface area contributed by atoms with Gasteiger partial charge in [0.25, 0.3) is 5.91 Å². The molecule has 7 heteroatoms. The first-order valence-electron chi connectivity index (χ1n) is 10.4. The highest BCUT2D eigenvalue weighted by molar-refractivity contribution is 7.09. The predicted octanol–water partition coefficient (Wildman–Crippen LogP) is 6.40. The topological polar surface area (TPSA) is 80.9 Å². The first-order chi connectivity index (χ1) is 16.0. The number of carbonyl (C=O) groups is 1. The molecule has 0 bridgehead atoms. The van der Waals surface area contributed by atoms with Crippen molar-refractivity contribution in [3.63, 3.8) is 0 Å². The largest absolute Gasteiger partial charge is 0.416 e. The number of carbonyl (C=O) groups excluding carboxylic acids is 1. The summed E-state index contributed by atoms with van der Waals surface area (Å²) in [6, 6.07) is 22.6. The molecule has 0 unspecified atom stereocenters. The monoisotopic (exact) mass is 452 g/mol. The number of hydrogen-bond donors (Lipinski definition) is 1. The second-order valence-electron chi connectivity index (χ2n) is 7.64. The van der Waals surface area contributed by atoms with Gasteiger partial charge in [-0.2, -0.15) is 0 Å². The zero-order chi connectivity index (χ0) is 22.8. The third kappa shape index (κ3) is 4.58. The summed E-state index contributed by atoms with van der Waals surface area (Å²) < 4.78 is 5.81. The van der Waals surface area contributed by atoms with E-state index in [1.54, 1.807) is 35.6 Å². The fraction of sp³-hybridized carbons (Fsp3) is 0.0769. The lowest BCUT2D eigenvalue weighted by molar-refractivity contribution is 0.102. The summed E-state index contributed by atoms with van der Waals surface area (Å²) in [6.07, 6.45) is 0. The lowest BCUT2D eigenvalue weighted by atomic mass is 10.1. The average molecular weight is 453 g/mol. The van der Waals surface area contributed by atoms with Crippen molar-refractivity contribution in [1.82, 2.24) is 15.2 Å². The van der Waals surface area contributed by atoms with E-state index in [1.807, 2.05) is 67.8 Å². The summed E-state index contributed by atoms with van der Waals surface area (Å²) in [6.45, 7) is 4.01. The molecule has 0 aliphatic rings. The molecule has 0 atom stereocenters. The van der Waals surface area contributed by atoms with Gasteiger partial charge in [0.2, 0.25) is 11.8 Å². The maximum absolute atomic E-state index is 12.7. The molecule has 1 N–H and O–H groups in total. The van der Waals surface area contributed by atoms with E-state index in [0.717, 1.165) is 38.6 Å². The number of hydrogen-bond acceptors (Lipinski definition) is 6. The standard InChI is InChI=1S/C26H20N4O2S/c1-16-3-5-20(6-4-16)25-29-30-26(32-25)21-9-7-19(8-10-21)24(31)28-22-13-11-18(12-14-22)23-15-33-17(2)27-23/h3-15H,1-2H3,(H,28,31). The van der Waals surface area contributed by atoms with Gasteiger partial charge in [-0.1, -0.05) is 29.8 Å². The van der Waals surface area contributed by atoms with Gasteiger partial charge in [0.1, 0.15) is 0 Å². The van der Waals surface area contributed by atoms with E-state index in [2.05, 4.69) is 20.5 Å². The first-order valence-corrected chi connectivity index (χ1v) is 11.3.